The van der Waals surface area contributed by atoms with E-state index in [1.807, 2.05) is 37.3 Å². The van der Waals surface area contributed by atoms with E-state index in [9.17, 15) is 13.2 Å². The zero-order valence-corrected chi connectivity index (χ0v) is 14.5. The summed E-state index contributed by atoms with van der Waals surface area (Å²) in [5, 5.41) is 2.89. The highest BCUT2D eigenvalue weighted by molar-refractivity contribution is 7.92. The first kappa shape index (κ1) is 16.5. The number of amides is 1. The molecule has 0 bridgehead atoms. The molecule has 3 rings (SSSR count). The number of nitrogens with zero attached hydrogens (tertiary/aromatic N) is 1. The molecule has 0 saturated carbocycles. The van der Waals surface area contributed by atoms with Gasteiger partial charge in [-0.1, -0.05) is 30.3 Å². The van der Waals surface area contributed by atoms with Gasteiger partial charge in [-0.3, -0.25) is 9.10 Å². The van der Waals surface area contributed by atoms with E-state index in [0.29, 0.717) is 24.2 Å². The van der Waals surface area contributed by atoms with E-state index in [1.54, 1.807) is 18.2 Å². The summed E-state index contributed by atoms with van der Waals surface area (Å²) < 4.78 is 25.3. The third-order valence-electron chi connectivity index (χ3n) is 4.15. The smallest absolute Gasteiger partial charge is 0.251 e. The number of hydrogen-bond acceptors (Lipinski definition) is 3. The van der Waals surface area contributed by atoms with Crippen LogP contribution in [0.15, 0.2) is 48.5 Å². The van der Waals surface area contributed by atoms with Gasteiger partial charge < -0.3 is 5.32 Å². The van der Waals surface area contributed by atoms with E-state index in [-0.39, 0.29) is 11.9 Å². The van der Waals surface area contributed by atoms with E-state index < -0.39 is 10.0 Å². The second-order valence-electron chi connectivity index (χ2n) is 6.12. The fourth-order valence-electron chi connectivity index (χ4n) is 3.13. The number of carbonyl (C=O) groups excluding carboxylic acids is 1. The largest absolute Gasteiger partial charge is 0.348 e. The first-order valence-electron chi connectivity index (χ1n) is 7.81. The molecular weight excluding hydrogens is 324 g/mol. The summed E-state index contributed by atoms with van der Waals surface area (Å²) in [5.41, 5.74) is 3.14. The Morgan fingerprint density at radius 3 is 2.58 bits per heavy atom. The Labute approximate surface area is 142 Å². The predicted molar refractivity (Wildman–Crippen MR) is 94.5 cm³/mol. The van der Waals surface area contributed by atoms with Crippen molar-refractivity contribution in [1.29, 1.82) is 0 Å². The van der Waals surface area contributed by atoms with Crippen LogP contribution < -0.4 is 9.62 Å². The molecular formula is C18H20N2O3S. The molecule has 1 N–H and O–H groups in total. The van der Waals surface area contributed by atoms with Crippen LogP contribution in [0.2, 0.25) is 0 Å². The van der Waals surface area contributed by atoms with Crippen molar-refractivity contribution in [3.05, 3.63) is 65.2 Å². The van der Waals surface area contributed by atoms with Crippen molar-refractivity contribution in [1.82, 2.24) is 5.32 Å². The molecule has 126 valence electrons. The normalized spacial score (nSPS) is 16.8. The number of rotatable bonds is 4. The molecule has 5 nitrogen and oxygen atoms in total. The van der Waals surface area contributed by atoms with E-state index in [1.165, 1.54) is 10.6 Å². The number of hydrogen-bond donors (Lipinski definition) is 1. The molecule has 2 aromatic carbocycles. The van der Waals surface area contributed by atoms with Crippen LogP contribution in [-0.2, 0) is 23.0 Å². The number of sulfonamides is 1. The summed E-state index contributed by atoms with van der Waals surface area (Å²) in [4.78, 5) is 12.3. The summed E-state index contributed by atoms with van der Waals surface area (Å²) in [7, 11) is -3.31. The fourth-order valence-corrected chi connectivity index (χ4v) is 4.39. The molecule has 1 heterocycles. The Morgan fingerprint density at radius 2 is 1.92 bits per heavy atom. The first-order valence-corrected chi connectivity index (χ1v) is 9.65. The molecule has 0 fully saturated rings. The van der Waals surface area contributed by atoms with Gasteiger partial charge in [0.1, 0.15) is 0 Å². The van der Waals surface area contributed by atoms with Crippen LogP contribution in [0, 0.1) is 0 Å². The lowest BCUT2D eigenvalue weighted by Crippen LogP contribution is -2.34. The Hall–Kier alpha value is -2.34. The minimum absolute atomic E-state index is 0.127. The topological polar surface area (TPSA) is 66.5 Å². The molecule has 24 heavy (non-hydrogen) atoms. The fraction of sp³-hybridized carbons (Fsp3) is 0.278. The summed E-state index contributed by atoms with van der Waals surface area (Å²) in [6.07, 6.45) is 1.82. The van der Waals surface area contributed by atoms with Crippen molar-refractivity contribution >= 4 is 21.6 Å². The molecule has 0 aromatic heterocycles. The lowest BCUT2D eigenvalue weighted by Gasteiger charge is -2.21. The highest BCUT2D eigenvalue weighted by Gasteiger charge is 2.32. The third kappa shape index (κ3) is 3.28. The average Bonchev–Trinajstić information content (AvgIpc) is 2.88. The average molecular weight is 344 g/mol. The van der Waals surface area contributed by atoms with E-state index in [0.717, 1.165) is 11.1 Å². The maximum absolute atomic E-state index is 12.3. The van der Waals surface area contributed by atoms with E-state index >= 15 is 0 Å². The number of nitrogens with one attached hydrogen (secondary N) is 1. The molecule has 1 aliphatic rings. The second kappa shape index (κ2) is 6.28. The van der Waals surface area contributed by atoms with Crippen molar-refractivity contribution in [2.45, 2.75) is 25.9 Å². The zero-order valence-electron chi connectivity index (χ0n) is 13.7. The lowest BCUT2D eigenvalue weighted by atomic mass is 10.1. The number of anilines is 1. The summed E-state index contributed by atoms with van der Waals surface area (Å²) >= 11 is 0. The van der Waals surface area contributed by atoms with Crippen LogP contribution >= 0.6 is 0 Å². The Bertz CT molecular complexity index is 863. The van der Waals surface area contributed by atoms with Gasteiger partial charge in [-0.2, -0.15) is 0 Å². The molecule has 0 saturated heterocycles. The minimum Gasteiger partial charge on any atom is -0.348 e. The van der Waals surface area contributed by atoms with Crippen molar-refractivity contribution in [3.63, 3.8) is 0 Å². The monoisotopic (exact) mass is 344 g/mol. The summed E-state index contributed by atoms with van der Waals surface area (Å²) in [5.74, 6) is -0.160. The molecule has 0 aliphatic carbocycles. The van der Waals surface area contributed by atoms with Crippen molar-refractivity contribution in [2.24, 2.45) is 0 Å². The molecule has 1 atom stereocenters. The number of benzene rings is 2. The van der Waals surface area contributed by atoms with Gasteiger partial charge in [0.2, 0.25) is 10.0 Å². The van der Waals surface area contributed by atoms with Gasteiger partial charge in [-0.25, -0.2) is 8.42 Å². The number of carbonyl (C=O) groups is 1. The molecule has 1 unspecified atom stereocenters. The number of fused-ring (bicyclic) bond motifs is 1. The zero-order chi connectivity index (χ0) is 17.3. The molecule has 1 amide bonds. The van der Waals surface area contributed by atoms with Gasteiger partial charge in [0, 0.05) is 18.2 Å². The van der Waals surface area contributed by atoms with Crippen LogP contribution in [0.4, 0.5) is 5.69 Å². The molecule has 1 aliphatic heterocycles. The SMILES string of the molecule is CC1Cc2cc(C(=O)NCc3ccccc3)ccc2N1S(C)(=O)=O. The first-order chi connectivity index (χ1) is 11.4. The van der Waals surface area contributed by atoms with Crippen molar-refractivity contribution < 1.29 is 13.2 Å². The van der Waals surface area contributed by atoms with Crippen molar-refractivity contribution in [3.8, 4) is 0 Å². The summed E-state index contributed by atoms with van der Waals surface area (Å²) in [6, 6.07) is 14.8. The maximum atomic E-state index is 12.3. The standard InChI is InChI=1S/C18H20N2O3S/c1-13-10-16-11-15(8-9-17(16)20(13)24(2,22)23)18(21)19-12-14-6-4-3-5-7-14/h3-9,11,13H,10,12H2,1-2H3,(H,19,21). The second-order valence-corrected chi connectivity index (χ2v) is 7.98. The van der Waals surface area contributed by atoms with Gasteiger partial charge >= 0.3 is 0 Å². The predicted octanol–water partition coefficient (Wildman–Crippen LogP) is 2.33. The van der Waals surface area contributed by atoms with Gasteiger partial charge in [0.05, 0.1) is 11.9 Å². The molecule has 0 radical (unpaired) electrons. The maximum Gasteiger partial charge on any atom is 0.251 e. The quantitative estimate of drug-likeness (QED) is 0.926. The van der Waals surface area contributed by atoms with Gasteiger partial charge in [0.15, 0.2) is 0 Å². The van der Waals surface area contributed by atoms with E-state index in [4.69, 9.17) is 0 Å². The van der Waals surface area contributed by atoms with E-state index in [2.05, 4.69) is 5.32 Å². The van der Waals surface area contributed by atoms with Crippen LogP contribution in [0.1, 0.15) is 28.4 Å². The Balaban J connectivity index is 1.77. The van der Waals surface area contributed by atoms with Gasteiger partial charge in [0.25, 0.3) is 5.91 Å². The lowest BCUT2D eigenvalue weighted by molar-refractivity contribution is 0.0951. The van der Waals surface area contributed by atoms with Gasteiger partial charge in [-0.05, 0) is 42.7 Å². The third-order valence-corrected chi connectivity index (χ3v) is 5.42. The van der Waals surface area contributed by atoms with Crippen molar-refractivity contribution in [2.75, 3.05) is 10.6 Å². The van der Waals surface area contributed by atoms with Gasteiger partial charge in [-0.15, -0.1) is 0 Å². The highest BCUT2D eigenvalue weighted by atomic mass is 32.2. The Morgan fingerprint density at radius 1 is 1.21 bits per heavy atom. The summed E-state index contributed by atoms with van der Waals surface area (Å²) in [6.45, 7) is 2.33. The highest BCUT2D eigenvalue weighted by Crippen LogP contribution is 2.34. The Kier molecular flexibility index (Phi) is 4.32. The van der Waals surface area contributed by atoms with Crippen LogP contribution in [0.25, 0.3) is 0 Å². The minimum atomic E-state index is -3.31. The van der Waals surface area contributed by atoms with Crippen LogP contribution in [0.5, 0.6) is 0 Å². The van der Waals surface area contributed by atoms with Crippen LogP contribution in [-0.4, -0.2) is 26.6 Å². The molecule has 0 spiro atoms. The molecule has 2 aromatic rings. The molecule has 6 heteroatoms. The van der Waals surface area contributed by atoms with Crippen LogP contribution in [0.3, 0.4) is 0 Å².